The Kier molecular flexibility index (Phi) is 5.90. The van der Waals surface area contributed by atoms with E-state index in [0.717, 1.165) is 26.2 Å². The van der Waals surface area contributed by atoms with Crippen LogP contribution >= 0.6 is 0 Å². The molecule has 1 saturated heterocycles. The highest BCUT2D eigenvalue weighted by atomic mass is 16.5. The van der Waals surface area contributed by atoms with Crippen molar-refractivity contribution in [1.82, 2.24) is 9.80 Å². The first-order valence-corrected chi connectivity index (χ1v) is 6.51. The van der Waals surface area contributed by atoms with Gasteiger partial charge in [0, 0.05) is 31.7 Å². The third kappa shape index (κ3) is 4.63. The van der Waals surface area contributed by atoms with Crippen LogP contribution in [0.4, 0.5) is 0 Å². The minimum atomic E-state index is 0.238. The van der Waals surface area contributed by atoms with Crippen molar-refractivity contribution in [2.75, 3.05) is 32.8 Å². The first-order chi connectivity index (χ1) is 8.04. The van der Waals surface area contributed by atoms with Gasteiger partial charge in [-0.1, -0.05) is 0 Å². The first kappa shape index (κ1) is 14.4. The summed E-state index contributed by atoms with van der Waals surface area (Å²) in [6.45, 7) is 12.8. The van der Waals surface area contributed by atoms with Crippen molar-refractivity contribution in [3.63, 3.8) is 0 Å². The summed E-state index contributed by atoms with van der Waals surface area (Å²) in [6.07, 6.45) is 0.238. The highest BCUT2D eigenvalue weighted by Crippen LogP contribution is 2.11. The predicted molar refractivity (Wildman–Crippen MR) is 68.8 cm³/mol. The van der Waals surface area contributed by atoms with E-state index in [1.54, 1.807) is 0 Å². The number of morpholine rings is 1. The Hall–Kier alpha value is -0.630. The molecule has 1 aliphatic heterocycles. The van der Waals surface area contributed by atoms with Crippen LogP contribution in [0.2, 0.25) is 0 Å². The molecule has 4 nitrogen and oxygen atoms in total. The van der Waals surface area contributed by atoms with Crippen molar-refractivity contribution in [1.29, 1.82) is 5.26 Å². The molecule has 0 bridgehead atoms. The summed E-state index contributed by atoms with van der Waals surface area (Å²) in [5.74, 6) is 0. The molecule has 1 fully saturated rings. The Balaban J connectivity index is 2.46. The maximum atomic E-state index is 8.81. The molecule has 1 atom stereocenters. The Morgan fingerprint density at radius 3 is 2.65 bits per heavy atom. The molecule has 1 unspecified atom stereocenters. The van der Waals surface area contributed by atoms with E-state index in [2.05, 4.69) is 43.6 Å². The van der Waals surface area contributed by atoms with Crippen molar-refractivity contribution < 1.29 is 4.74 Å². The second-order valence-electron chi connectivity index (χ2n) is 5.26. The van der Waals surface area contributed by atoms with Gasteiger partial charge in [-0.15, -0.1) is 0 Å². The number of nitrogens with zero attached hydrogens (tertiary/aromatic N) is 3. The van der Waals surface area contributed by atoms with Crippen molar-refractivity contribution in [3.05, 3.63) is 0 Å². The summed E-state index contributed by atoms with van der Waals surface area (Å²) < 4.78 is 5.79. The maximum absolute atomic E-state index is 8.81. The van der Waals surface area contributed by atoms with Crippen LogP contribution in [0, 0.1) is 11.3 Å². The van der Waals surface area contributed by atoms with Crippen LogP contribution in [0.25, 0.3) is 0 Å². The second-order valence-corrected chi connectivity index (χ2v) is 5.26. The number of hydrogen-bond acceptors (Lipinski definition) is 4. The molecule has 0 aliphatic carbocycles. The molecule has 0 aromatic heterocycles. The van der Waals surface area contributed by atoms with Gasteiger partial charge >= 0.3 is 0 Å². The fraction of sp³-hybridized carbons (Fsp3) is 0.923. The SMILES string of the molecule is CC(C)N(CC#N)CC1CN(C(C)C)CCO1. The fourth-order valence-corrected chi connectivity index (χ4v) is 2.13. The lowest BCUT2D eigenvalue weighted by molar-refractivity contribution is -0.0538. The highest BCUT2D eigenvalue weighted by molar-refractivity contribution is 4.83. The third-order valence-electron chi connectivity index (χ3n) is 3.34. The second kappa shape index (κ2) is 6.95. The molecule has 0 aromatic carbocycles. The van der Waals surface area contributed by atoms with E-state index in [1.165, 1.54) is 0 Å². The molecular weight excluding hydrogens is 214 g/mol. The molecule has 1 rings (SSSR count). The summed E-state index contributed by atoms with van der Waals surface area (Å²) in [4.78, 5) is 4.62. The average molecular weight is 239 g/mol. The number of rotatable bonds is 5. The summed E-state index contributed by atoms with van der Waals surface area (Å²) in [6, 6.07) is 3.20. The Labute approximate surface area is 105 Å². The average Bonchev–Trinajstić information content (AvgIpc) is 2.28. The molecule has 0 spiro atoms. The van der Waals surface area contributed by atoms with Crippen molar-refractivity contribution in [2.45, 2.75) is 45.9 Å². The topological polar surface area (TPSA) is 39.5 Å². The quantitative estimate of drug-likeness (QED) is 0.679. The molecular formula is C13H25N3O. The zero-order valence-electron chi connectivity index (χ0n) is 11.5. The molecule has 0 N–H and O–H groups in total. The van der Waals surface area contributed by atoms with Gasteiger partial charge in [-0.05, 0) is 27.7 Å². The van der Waals surface area contributed by atoms with Gasteiger partial charge in [0.1, 0.15) is 0 Å². The van der Waals surface area contributed by atoms with Crippen LogP contribution in [0.1, 0.15) is 27.7 Å². The van der Waals surface area contributed by atoms with Crippen molar-refractivity contribution in [3.8, 4) is 6.07 Å². The number of nitriles is 1. The molecule has 0 amide bonds. The molecule has 0 aromatic rings. The Morgan fingerprint density at radius 2 is 2.12 bits per heavy atom. The van der Waals surface area contributed by atoms with Crippen LogP contribution in [0.3, 0.4) is 0 Å². The molecule has 0 radical (unpaired) electrons. The lowest BCUT2D eigenvalue weighted by Gasteiger charge is -2.38. The summed E-state index contributed by atoms with van der Waals surface area (Å²) in [5.41, 5.74) is 0. The van der Waals surface area contributed by atoms with E-state index in [9.17, 15) is 0 Å². The Morgan fingerprint density at radius 1 is 1.41 bits per heavy atom. The zero-order valence-corrected chi connectivity index (χ0v) is 11.5. The Bertz CT molecular complexity index is 260. The van der Waals surface area contributed by atoms with Gasteiger partial charge in [0.15, 0.2) is 0 Å². The van der Waals surface area contributed by atoms with E-state index in [-0.39, 0.29) is 6.10 Å². The van der Waals surface area contributed by atoms with Gasteiger partial charge in [-0.2, -0.15) is 5.26 Å². The summed E-state index contributed by atoms with van der Waals surface area (Å²) in [5, 5.41) is 8.81. The van der Waals surface area contributed by atoms with Gasteiger partial charge in [0.05, 0.1) is 25.3 Å². The lowest BCUT2D eigenvalue weighted by atomic mass is 10.2. The summed E-state index contributed by atoms with van der Waals surface area (Å²) >= 11 is 0. The van der Waals surface area contributed by atoms with E-state index in [0.29, 0.717) is 18.6 Å². The maximum Gasteiger partial charge on any atom is 0.0869 e. The molecule has 0 saturated carbocycles. The van der Waals surface area contributed by atoms with E-state index >= 15 is 0 Å². The largest absolute Gasteiger partial charge is 0.374 e. The minimum absolute atomic E-state index is 0.238. The van der Waals surface area contributed by atoms with Crippen LogP contribution in [-0.4, -0.2) is 60.8 Å². The number of hydrogen-bond donors (Lipinski definition) is 0. The monoisotopic (exact) mass is 239 g/mol. The van der Waals surface area contributed by atoms with Crippen LogP contribution in [0.5, 0.6) is 0 Å². The predicted octanol–water partition coefficient (Wildman–Crippen LogP) is 1.33. The summed E-state index contributed by atoms with van der Waals surface area (Å²) in [7, 11) is 0. The fourth-order valence-electron chi connectivity index (χ4n) is 2.13. The zero-order chi connectivity index (χ0) is 12.8. The van der Waals surface area contributed by atoms with Gasteiger partial charge in [-0.25, -0.2) is 0 Å². The molecule has 17 heavy (non-hydrogen) atoms. The van der Waals surface area contributed by atoms with Crippen LogP contribution < -0.4 is 0 Å². The van der Waals surface area contributed by atoms with Gasteiger partial charge in [-0.3, -0.25) is 9.80 Å². The first-order valence-electron chi connectivity index (χ1n) is 6.51. The molecule has 4 heteroatoms. The van der Waals surface area contributed by atoms with Gasteiger partial charge in [0.2, 0.25) is 0 Å². The standard InChI is InChI=1S/C13H25N3O/c1-11(2)15(6-5-14)9-13-10-16(12(3)4)7-8-17-13/h11-13H,6-10H2,1-4H3. The van der Waals surface area contributed by atoms with Crippen LogP contribution in [-0.2, 0) is 4.74 Å². The lowest BCUT2D eigenvalue weighted by Crippen LogP contribution is -2.50. The smallest absolute Gasteiger partial charge is 0.0869 e. The van der Waals surface area contributed by atoms with Crippen molar-refractivity contribution in [2.24, 2.45) is 0 Å². The molecule has 1 heterocycles. The van der Waals surface area contributed by atoms with E-state index in [4.69, 9.17) is 10.00 Å². The normalized spacial score (nSPS) is 22.4. The third-order valence-corrected chi connectivity index (χ3v) is 3.34. The number of ether oxygens (including phenoxy) is 1. The van der Waals surface area contributed by atoms with E-state index < -0.39 is 0 Å². The van der Waals surface area contributed by atoms with Gasteiger partial charge in [0.25, 0.3) is 0 Å². The molecule has 98 valence electrons. The van der Waals surface area contributed by atoms with E-state index in [1.807, 2.05) is 0 Å². The van der Waals surface area contributed by atoms with Crippen LogP contribution in [0.15, 0.2) is 0 Å². The minimum Gasteiger partial charge on any atom is -0.374 e. The van der Waals surface area contributed by atoms with Gasteiger partial charge < -0.3 is 4.74 Å². The highest BCUT2D eigenvalue weighted by Gasteiger charge is 2.24. The molecule has 1 aliphatic rings. The van der Waals surface area contributed by atoms with Crippen molar-refractivity contribution >= 4 is 0 Å².